The zero-order valence-electron chi connectivity index (χ0n) is 31.6. The van der Waals surface area contributed by atoms with Crippen LogP contribution in [0.4, 0.5) is 0 Å². The molecule has 21 heteroatoms. The van der Waals surface area contributed by atoms with E-state index in [2.05, 4.69) is 9.78 Å². The second kappa shape index (κ2) is 26.7. The fourth-order valence-corrected chi connectivity index (χ4v) is 5.72. The largest absolute Gasteiger partial charge is 0.503 e. The molecule has 0 saturated heterocycles. The molecule has 2 rings (SSSR count). The van der Waals surface area contributed by atoms with Crippen molar-refractivity contribution in [2.75, 3.05) is 19.8 Å². The highest BCUT2D eigenvalue weighted by molar-refractivity contribution is 5.74. The monoisotopic (exact) mass is 802 g/mol. The summed E-state index contributed by atoms with van der Waals surface area (Å²) < 4.78 is 3.40. The molecule has 0 aliphatic heterocycles. The lowest BCUT2D eigenvalue weighted by Crippen LogP contribution is -2.41. The molecule has 2 heterocycles. The van der Waals surface area contributed by atoms with E-state index in [1.54, 1.807) is 21.5 Å². The van der Waals surface area contributed by atoms with Gasteiger partial charge in [0.2, 0.25) is 12.4 Å². The van der Waals surface area contributed by atoms with Gasteiger partial charge in [0.05, 0.1) is 13.2 Å². The van der Waals surface area contributed by atoms with Gasteiger partial charge in [0.15, 0.2) is 30.4 Å². The molecule has 56 heavy (non-hydrogen) atoms. The highest BCUT2D eigenvalue weighted by Crippen LogP contribution is 2.23. The molecule has 0 spiro atoms. The Morgan fingerprint density at radius 1 is 0.625 bits per heavy atom. The van der Waals surface area contributed by atoms with Crippen LogP contribution < -0.4 is 43.5 Å². The van der Waals surface area contributed by atoms with Crippen LogP contribution in [-0.2, 0) is 62.9 Å². The summed E-state index contributed by atoms with van der Waals surface area (Å²) in [6, 6.07) is -3.88. The van der Waals surface area contributed by atoms with E-state index in [4.69, 9.17) is 60.2 Å². The van der Waals surface area contributed by atoms with Gasteiger partial charge in [0.1, 0.15) is 30.8 Å². The standard InChI is InChI=1S/C18H30N4O7.C17H30N4O6/c19-12(10-29-28)5-4-11-8-22(6-2-1-3-14(20)17(24)25)9-16(23)13(11)7-15(21)18(26)27;18-6-5-14-11(1-2-12(19)10-27-26)7-21(9-16(14)23)8-13(22)3-4-15(20)17(24)25/h8-9,12,14-15H,1-7,10,19-21H2,(H3-,23,24,25,26,27,28);7,9,12-13,15,22H,1-6,8,10,18-20H2,(H2-,23,24,25,26)/p+2. The van der Waals surface area contributed by atoms with Gasteiger partial charge >= 0.3 is 17.9 Å². The van der Waals surface area contributed by atoms with Crippen molar-refractivity contribution in [1.29, 1.82) is 0 Å². The first kappa shape index (κ1) is 49.9. The minimum absolute atomic E-state index is 0.00752. The maximum Gasteiger partial charge on any atom is 0.320 e. The average Bonchev–Trinajstić information content (AvgIpc) is 3.13. The van der Waals surface area contributed by atoms with Crippen LogP contribution in [-0.4, -0.2) is 115 Å². The highest BCUT2D eigenvalue weighted by Gasteiger charge is 2.23. The number of aryl methyl sites for hydroxylation is 3. The number of carbonyl (C=O) groups is 3. The molecule has 2 aromatic rings. The Morgan fingerprint density at radius 3 is 1.62 bits per heavy atom. The molecule has 2 aromatic heterocycles. The number of nitrogens with two attached hydrogens (primary N) is 6. The third-order valence-corrected chi connectivity index (χ3v) is 8.94. The summed E-state index contributed by atoms with van der Waals surface area (Å²) in [4.78, 5) is 40.7. The molecule has 0 aliphatic carbocycles. The van der Waals surface area contributed by atoms with E-state index in [9.17, 15) is 29.7 Å². The van der Waals surface area contributed by atoms with E-state index in [1.165, 1.54) is 12.4 Å². The lowest BCUT2D eigenvalue weighted by molar-refractivity contribution is -0.704. The summed E-state index contributed by atoms with van der Waals surface area (Å²) >= 11 is 0. The summed E-state index contributed by atoms with van der Waals surface area (Å²) in [6.45, 7) is 1.03. The minimum Gasteiger partial charge on any atom is -0.503 e. The van der Waals surface area contributed by atoms with Crippen LogP contribution in [0.3, 0.4) is 0 Å². The van der Waals surface area contributed by atoms with E-state index < -0.39 is 48.2 Å². The van der Waals surface area contributed by atoms with Crippen molar-refractivity contribution in [3.05, 3.63) is 47.0 Å². The summed E-state index contributed by atoms with van der Waals surface area (Å²) in [6.07, 6.45) is 10.1. The fourth-order valence-electron chi connectivity index (χ4n) is 5.72. The molecular formula is C35H62N8O13+2. The topological polar surface area (TPSA) is 395 Å². The number of pyridine rings is 2. The Labute approximate surface area is 324 Å². The number of aliphatic carboxylic acids is 3. The van der Waals surface area contributed by atoms with Crippen molar-refractivity contribution in [3.8, 4) is 11.5 Å². The maximum atomic E-state index is 11.1. The van der Waals surface area contributed by atoms with Gasteiger partial charge in [-0.05, 0) is 64.3 Å². The van der Waals surface area contributed by atoms with E-state index >= 15 is 0 Å². The lowest BCUT2D eigenvalue weighted by atomic mass is 9.97. The molecule has 6 unspecified atom stereocenters. The number of aliphatic hydroxyl groups is 1. The molecule has 0 fully saturated rings. The third kappa shape index (κ3) is 19.1. The van der Waals surface area contributed by atoms with Crippen LogP contribution in [0.15, 0.2) is 24.8 Å². The van der Waals surface area contributed by atoms with Gasteiger partial charge in [-0.3, -0.25) is 24.9 Å². The molecule has 0 bridgehead atoms. The van der Waals surface area contributed by atoms with Crippen LogP contribution in [0, 0.1) is 0 Å². The molecule has 0 amide bonds. The van der Waals surface area contributed by atoms with Crippen LogP contribution in [0.1, 0.15) is 67.2 Å². The molecule has 0 saturated carbocycles. The van der Waals surface area contributed by atoms with E-state index in [0.29, 0.717) is 81.1 Å². The summed E-state index contributed by atoms with van der Waals surface area (Å²) in [5.74, 6) is -3.33. The zero-order chi connectivity index (χ0) is 42.4. The molecule has 20 N–H and O–H groups in total. The van der Waals surface area contributed by atoms with E-state index in [0.717, 1.165) is 5.56 Å². The average molecular weight is 803 g/mol. The normalized spacial score (nSPS) is 14.5. The van der Waals surface area contributed by atoms with Crippen molar-refractivity contribution < 1.29 is 74.4 Å². The van der Waals surface area contributed by atoms with Crippen molar-refractivity contribution in [1.82, 2.24) is 0 Å². The van der Waals surface area contributed by atoms with Crippen molar-refractivity contribution >= 4 is 17.9 Å². The molecule has 0 aromatic carbocycles. The number of hydrogen-bond acceptors (Lipinski definition) is 16. The number of aliphatic hydroxyl groups excluding tert-OH is 1. The van der Waals surface area contributed by atoms with Gasteiger partial charge in [-0.1, -0.05) is 0 Å². The van der Waals surface area contributed by atoms with Crippen LogP contribution in [0.25, 0.3) is 0 Å². The van der Waals surface area contributed by atoms with Gasteiger partial charge in [-0.25, -0.2) is 14.3 Å². The Morgan fingerprint density at radius 2 is 1.11 bits per heavy atom. The highest BCUT2D eigenvalue weighted by atomic mass is 17.1. The van der Waals surface area contributed by atoms with Crippen molar-refractivity contribution in [3.63, 3.8) is 0 Å². The Hall–Kier alpha value is -4.13. The Bertz CT molecular complexity index is 1510. The molecule has 21 nitrogen and oxygen atoms in total. The molecule has 6 atom stereocenters. The predicted molar refractivity (Wildman–Crippen MR) is 199 cm³/mol. The summed E-state index contributed by atoms with van der Waals surface area (Å²) in [7, 11) is 0. The summed E-state index contributed by atoms with van der Waals surface area (Å²) in [5.41, 5.74) is 36.5. The number of aromatic nitrogens is 2. The number of carboxylic acid groups (broad SMARTS) is 3. The Balaban J connectivity index is 0.000000561. The van der Waals surface area contributed by atoms with Crippen molar-refractivity contribution in [2.45, 2.75) is 120 Å². The zero-order valence-corrected chi connectivity index (χ0v) is 31.6. The fraction of sp³-hybridized carbons (Fsp3) is 0.629. The number of unbranched alkanes of at least 4 members (excludes halogenated alkanes) is 1. The van der Waals surface area contributed by atoms with Gasteiger partial charge in [-0.2, -0.15) is 4.57 Å². The quantitative estimate of drug-likeness (QED) is 0.0191. The molecule has 0 radical (unpaired) electrons. The third-order valence-electron chi connectivity index (χ3n) is 8.94. The molecule has 0 aliphatic rings. The number of nitrogens with zero attached hydrogens (tertiary/aromatic N) is 2. The number of rotatable bonds is 27. The van der Waals surface area contributed by atoms with Gasteiger partial charge < -0.3 is 65.0 Å². The first-order chi connectivity index (χ1) is 26.4. The van der Waals surface area contributed by atoms with Gasteiger partial charge in [0.25, 0.3) is 0 Å². The lowest BCUT2D eigenvalue weighted by Gasteiger charge is -2.15. The molecular weight excluding hydrogens is 740 g/mol. The second-order valence-corrected chi connectivity index (χ2v) is 13.7. The SMILES string of the molecule is NC(CCc1c[n+](CCCCC(N)C(=O)O)cc(O)c1CC(N)C(=O)O)COO.NCCc1c(O)c[n+](CC(O)CCC(N)C(=O)O)cc1CCC(N)COO. The smallest absolute Gasteiger partial charge is 0.320 e. The number of hydrogen-bond donors (Lipinski definition) is 14. The number of carboxylic acids is 3. The van der Waals surface area contributed by atoms with E-state index in [1.807, 2.05) is 0 Å². The first-order valence-electron chi connectivity index (χ1n) is 18.3. The minimum atomic E-state index is -1.17. The van der Waals surface area contributed by atoms with E-state index in [-0.39, 0.29) is 56.6 Å². The van der Waals surface area contributed by atoms with Crippen LogP contribution in [0.2, 0.25) is 0 Å². The van der Waals surface area contributed by atoms with Crippen LogP contribution in [0.5, 0.6) is 11.5 Å². The van der Waals surface area contributed by atoms with Crippen molar-refractivity contribution in [2.24, 2.45) is 34.4 Å². The Kier molecular flexibility index (Phi) is 23.8. The van der Waals surface area contributed by atoms with Gasteiger partial charge in [-0.15, -0.1) is 0 Å². The molecule has 318 valence electrons. The first-order valence-corrected chi connectivity index (χ1v) is 18.3. The number of aromatic hydroxyl groups is 2. The van der Waals surface area contributed by atoms with Crippen LogP contribution >= 0.6 is 0 Å². The maximum absolute atomic E-state index is 11.1. The summed E-state index contributed by atoms with van der Waals surface area (Å²) in [5, 5.41) is 74.5. The second-order valence-electron chi connectivity index (χ2n) is 13.7. The van der Waals surface area contributed by atoms with Gasteiger partial charge in [0, 0.05) is 47.2 Å². The predicted octanol–water partition coefficient (Wildman–Crippen LogP) is -2.55.